The molecule has 28 heavy (non-hydrogen) atoms. The SMILES string of the molecule is COc1ccc(N2CCN(C(=O)CC(=O)Nc3cccc(C)c3)C(C)C2)cc1. The molecule has 1 N–H and O–H groups in total. The number of aryl methyl sites for hydroxylation is 1. The fourth-order valence-corrected chi connectivity index (χ4v) is 3.52. The lowest BCUT2D eigenvalue weighted by Gasteiger charge is -2.41. The van der Waals surface area contributed by atoms with Crippen molar-refractivity contribution in [3.8, 4) is 5.75 Å². The first-order chi connectivity index (χ1) is 13.5. The van der Waals surface area contributed by atoms with Gasteiger partial charge in [0.2, 0.25) is 11.8 Å². The van der Waals surface area contributed by atoms with Crippen molar-refractivity contribution in [1.29, 1.82) is 0 Å². The molecule has 0 radical (unpaired) electrons. The Kier molecular flexibility index (Phi) is 6.19. The van der Waals surface area contributed by atoms with Gasteiger partial charge in [0.25, 0.3) is 0 Å². The quantitative estimate of drug-likeness (QED) is 0.809. The summed E-state index contributed by atoms with van der Waals surface area (Å²) < 4.78 is 5.20. The minimum Gasteiger partial charge on any atom is -0.497 e. The Labute approximate surface area is 166 Å². The molecule has 0 spiro atoms. The van der Waals surface area contributed by atoms with Gasteiger partial charge in [-0.15, -0.1) is 0 Å². The average Bonchev–Trinajstić information content (AvgIpc) is 2.67. The topological polar surface area (TPSA) is 61.9 Å². The molecule has 1 aliphatic heterocycles. The largest absolute Gasteiger partial charge is 0.497 e. The van der Waals surface area contributed by atoms with Crippen molar-refractivity contribution >= 4 is 23.2 Å². The number of carbonyl (C=O) groups is 2. The molecule has 1 atom stereocenters. The molecule has 6 nitrogen and oxygen atoms in total. The van der Waals surface area contributed by atoms with Gasteiger partial charge >= 0.3 is 0 Å². The van der Waals surface area contributed by atoms with E-state index in [1.165, 1.54) is 0 Å². The van der Waals surface area contributed by atoms with Gasteiger partial charge < -0.3 is 19.9 Å². The molecule has 1 unspecified atom stereocenters. The summed E-state index contributed by atoms with van der Waals surface area (Å²) in [7, 11) is 1.65. The predicted octanol–water partition coefficient (Wildman–Crippen LogP) is 3.07. The minimum atomic E-state index is -0.277. The predicted molar refractivity (Wildman–Crippen MR) is 111 cm³/mol. The maximum absolute atomic E-state index is 12.6. The summed E-state index contributed by atoms with van der Waals surface area (Å²) in [6.45, 7) is 6.06. The van der Waals surface area contributed by atoms with E-state index in [4.69, 9.17) is 4.74 Å². The van der Waals surface area contributed by atoms with Crippen LogP contribution in [0.15, 0.2) is 48.5 Å². The summed E-state index contributed by atoms with van der Waals surface area (Å²) in [6, 6.07) is 15.5. The maximum Gasteiger partial charge on any atom is 0.233 e. The normalized spacial score (nSPS) is 16.6. The number of nitrogens with zero attached hydrogens (tertiary/aromatic N) is 2. The fourth-order valence-electron chi connectivity index (χ4n) is 3.52. The van der Waals surface area contributed by atoms with Crippen molar-refractivity contribution in [3.05, 3.63) is 54.1 Å². The average molecular weight is 381 g/mol. The smallest absolute Gasteiger partial charge is 0.233 e. The first-order valence-corrected chi connectivity index (χ1v) is 9.51. The number of anilines is 2. The molecule has 148 valence electrons. The van der Waals surface area contributed by atoms with Crippen LogP contribution in [0.4, 0.5) is 11.4 Å². The highest BCUT2D eigenvalue weighted by Crippen LogP contribution is 2.22. The Morgan fingerprint density at radius 1 is 1.14 bits per heavy atom. The third-order valence-electron chi connectivity index (χ3n) is 5.00. The number of hydrogen-bond donors (Lipinski definition) is 1. The Balaban J connectivity index is 1.54. The van der Waals surface area contributed by atoms with E-state index in [2.05, 4.69) is 10.2 Å². The van der Waals surface area contributed by atoms with Gasteiger partial charge in [0.15, 0.2) is 0 Å². The van der Waals surface area contributed by atoms with E-state index in [1.54, 1.807) is 12.0 Å². The van der Waals surface area contributed by atoms with Crippen LogP contribution in [-0.2, 0) is 9.59 Å². The minimum absolute atomic E-state index is 0.0371. The highest BCUT2D eigenvalue weighted by atomic mass is 16.5. The van der Waals surface area contributed by atoms with Crippen molar-refractivity contribution in [2.75, 3.05) is 37.0 Å². The molecule has 0 bridgehead atoms. The molecule has 1 heterocycles. The standard InChI is InChI=1S/C22H27N3O3/c1-16-5-4-6-18(13-16)23-21(26)14-22(27)25-12-11-24(15-17(25)2)19-7-9-20(28-3)10-8-19/h4-10,13,17H,11-12,14-15H2,1-3H3,(H,23,26). The van der Waals surface area contributed by atoms with Crippen LogP contribution >= 0.6 is 0 Å². The van der Waals surface area contributed by atoms with Gasteiger partial charge in [0, 0.05) is 37.1 Å². The number of nitrogens with one attached hydrogen (secondary N) is 1. The Morgan fingerprint density at radius 2 is 1.89 bits per heavy atom. The fraction of sp³-hybridized carbons (Fsp3) is 0.364. The van der Waals surface area contributed by atoms with Crippen LogP contribution in [0.1, 0.15) is 18.9 Å². The molecule has 0 saturated carbocycles. The molecular weight excluding hydrogens is 354 g/mol. The van der Waals surface area contributed by atoms with Crippen LogP contribution in [0.2, 0.25) is 0 Å². The lowest BCUT2D eigenvalue weighted by molar-refractivity contribution is -0.136. The molecule has 2 aromatic rings. The number of benzene rings is 2. The molecule has 2 amide bonds. The summed E-state index contributed by atoms with van der Waals surface area (Å²) in [5.41, 5.74) is 2.89. The van der Waals surface area contributed by atoms with E-state index < -0.39 is 0 Å². The zero-order valence-electron chi connectivity index (χ0n) is 16.6. The van der Waals surface area contributed by atoms with Crippen molar-refractivity contribution in [1.82, 2.24) is 4.90 Å². The van der Waals surface area contributed by atoms with Crippen LogP contribution in [0.25, 0.3) is 0 Å². The number of ether oxygens (including phenoxy) is 1. The second kappa shape index (κ2) is 8.78. The van der Waals surface area contributed by atoms with Crippen LogP contribution < -0.4 is 15.0 Å². The molecule has 2 aromatic carbocycles. The first kappa shape index (κ1) is 19.7. The number of hydrogen-bond acceptors (Lipinski definition) is 4. The Morgan fingerprint density at radius 3 is 2.54 bits per heavy atom. The second-order valence-corrected chi connectivity index (χ2v) is 7.17. The summed E-state index contributed by atoms with van der Waals surface area (Å²) >= 11 is 0. The van der Waals surface area contributed by atoms with Crippen LogP contribution in [0, 0.1) is 6.92 Å². The van der Waals surface area contributed by atoms with E-state index in [0.29, 0.717) is 6.54 Å². The van der Waals surface area contributed by atoms with Crippen LogP contribution in [0.3, 0.4) is 0 Å². The summed E-state index contributed by atoms with van der Waals surface area (Å²) in [6.07, 6.45) is -0.138. The van der Waals surface area contributed by atoms with Crippen molar-refractivity contribution in [2.24, 2.45) is 0 Å². The van der Waals surface area contributed by atoms with E-state index in [9.17, 15) is 9.59 Å². The second-order valence-electron chi connectivity index (χ2n) is 7.17. The lowest BCUT2D eigenvalue weighted by atomic mass is 10.1. The zero-order valence-corrected chi connectivity index (χ0v) is 16.6. The van der Waals surface area contributed by atoms with Crippen molar-refractivity contribution in [3.63, 3.8) is 0 Å². The van der Waals surface area contributed by atoms with Gasteiger partial charge in [0.1, 0.15) is 12.2 Å². The highest BCUT2D eigenvalue weighted by Gasteiger charge is 2.28. The van der Waals surface area contributed by atoms with E-state index in [-0.39, 0.29) is 24.3 Å². The van der Waals surface area contributed by atoms with E-state index in [1.807, 2.05) is 62.4 Å². The molecule has 0 aliphatic carbocycles. The zero-order chi connectivity index (χ0) is 20.1. The third kappa shape index (κ3) is 4.82. The number of rotatable bonds is 5. The van der Waals surface area contributed by atoms with Gasteiger partial charge in [-0.1, -0.05) is 12.1 Å². The molecule has 6 heteroatoms. The molecule has 3 rings (SSSR count). The summed E-state index contributed by atoms with van der Waals surface area (Å²) in [5.74, 6) is 0.414. The number of methoxy groups -OCH3 is 1. The van der Waals surface area contributed by atoms with Gasteiger partial charge in [-0.05, 0) is 55.8 Å². The molecule has 1 fully saturated rings. The first-order valence-electron chi connectivity index (χ1n) is 9.51. The van der Waals surface area contributed by atoms with Gasteiger partial charge in [-0.2, -0.15) is 0 Å². The molecular formula is C22H27N3O3. The molecule has 0 aromatic heterocycles. The van der Waals surface area contributed by atoms with Crippen molar-refractivity contribution in [2.45, 2.75) is 26.3 Å². The highest BCUT2D eigenvalue weighted by molar-refractivity contribution is 6.03. The summed E-state index contributed by atoms with van der Waals surface area (Å²) in [4.78, 5) is 28.9. The number of piperazine rings is 1. The van der Waals surface area contributed by atoms with E-state index in [0.717, 1.165) is 35.8 Å². The number of amides is 2. The number of carbonyl (C=O) groups excluding carboxylic acids is 2. The van der Waals surface area contributed by atoms with E-state index >= 15 is 0 Å². The van der Waals surface area contributed by atoms with Crippen LogP contribution in [-0.4, -0.2) is 49.5 Å². The molecule has 1 aliphatic rings. The Bertz CT molecular complexity index is 835. The van der Waals surface area contributed by atoms with Crippen molar-refractivity contribution < 1.29 is 14.3 Å². The monoisotopic (exact) mass is 381 g/mol. The van der Waals surface area contributed by atoms with Gasteiger partial charge in [0.05, 0.1) is 7.11 Å². The Hall–Kier alpha value is -3.02. The summed E-state index contributed by atoms with van der Waals surface area (Å²) in [5, 5.41) is 2.80. The third-order valence-corrected chi connectivity index (χ3v) is 5.00. The van der Waals surface area contributed by atoms with Crippen LogP contribution in [0.5, 0.6) is 5.75 Å². The lowest BCUT2D eigenvalue weighted by Crippen LogP contribution is -2.54. The van der Waals surface area contributed by atoms with Gasteiger partial charge in [-0.3, -0.25) is 9.59 Å². The maximum atomic E-state index is 12.6. The van der Waals surface area contributed by atoms with Gasteiger partial charge in [-0.25, -0.2) is 0 Å². The molecule has 1 saturated heterocycles.